The average molecular weight is 798 g/mol. The van der Waals surface area contributed by atoms with E-state index in [0.29, 0.717) is 5.92 Å². The average Bonchev–Trinajstić information content (AvgIpc) is 3.80. The standard InChI is InChI=1S/C59H59NO/c1-35(2)40-18-15-20-47-48-21-16-19-46(55(48)61-54(40)47)45-28-24-37(57(6,7)8)32-53(45)60(38-25-29-43-41-17-13-14-22-49(41)58(9,10)51(43)33-38)39-26-30-44-42-27-23-36(56(3,4)5)31-50(42)59(11,12)52(44)34-39/h13-35H,1-12H3. The molecule has 0 fully saturated rings. The van der Waals surface area contributed by atoms with Crippen LogP contribution in [-0.2, 0) is 21.7 Å². The van der Waals surface area contributed by atoms with Gasteiger partial charge in [0.1, 0.15) is 11.2 Å². The Bertz CT molecular complexity index is 3080. The molecule has 0 saturated heterocycles. The van der Waals surface area contributed by atoms with Crippen molar-refractivity contribution in [3.8, 4) is 33.4 Å². The fraction of sp³-hybridized carbons (Fsp3) is 0.288. The van der Waals surface area contributed by atoms with Crippen molar-refractivity contribution < 1.29 is 4.42 Å². The maximum atomic E-state index is 7.04. The lowest BCUT2D eigenvalue weighted by Crippen LogP contribution is -2.19. The molecule has 0 bridgehead atoms. The third-order valence-electron chi connectivity index (χ3n) is 14.2. The lowest BCUT2D eigenvalue weighted by atomic mass is 9.79. The van der Waals surface area contributed by atoms with Gasteiger partial charge in [0.15, 0.2) is 0 Å². The van der Waals surface area contributed by atoms with Gasteiger partial charge in [0.05, 0.1) is 5.69 Å². The number of fused-ring (bicyclic) bond motifs is 9. The van der Waals surface area contributed by atoms with Crippen molar-refractivity contribution >= 4 is 39.0 Å². The molecule has 306 valence electrons. The van der Waals surface area contributed by atoms with E-state index in [2.05, 4.69) is 221 Å². The van der Waals surface area contributed by atoms with Gasteiger partial charge in [-0.3, -0.25) is 0 Å². The van der Waals surface area contributed by atoms with E-state index < -0.39 is 0 Å². The molecule has 0 N–H and O–H groups in total. The Morgan fingerprint density at radius 1 is 0.443 bits per heavy atom. The van der Waals surface area contributed by atoms with Crippen LogP contribution < -0.4 is 4.90 Å². The number of hydrogen-bond donors (Lipinski definition) is 0. The first-order valence-electron chi connectivity index (χ1n) is 22.3. The molecule has 0 saturated carbocycles. The molecule has 10 rings (SSSR count). The first-order chi connectivity index (χ1) is 28.9. The van der Waals surface area contributed by atoms with Gasteiger partial charge in [-0.2, -0.15) is 0 Å². The van der Waals surface area contributed by atoms with E-state index in [-0.39, 0.29) is 21.7 Å². The van der Waals surface area contributed by atoms with Crippen LogP contribution >= 0.6 is 0 Å². The van der Waals surface area contributed by atoms with Crippen molar-refractivity contribution in [1.82, 2.24) is 0 Å². The monoisotopic (exact) mass is 797 g/mol. The van der Waals surface area contributed by atoms with Crippen LogP contribution in [-0.4, -0.2) is 0 Å². The van der Waals surface area contributed by atoms with Crippen LogP contribution in [0.15, 0.2) is 138 Å². The number of para-hydroxylation sites is 2. The summed E-state index contributed by atoms with van der Waals surface area (Å²) in [7, 11) is 0. The lowest BCUT2D eigenvalue weighted by Gasteiger charge is -2.32. The summed E-state index contributed by atoms with van der Waals surface area (Å²) in [5.41, 5.74) is 22.0. The molecular formula is C59H59NO. The Morgan fingerprint density at radius 2 is 0.918 bits per heavy atom. The summed E-state index contributed by atoms with van der Waals surface area (Å²) in [6, 6.07) is 51.0. The number of furan rings is 1. The Morgan fingerprint density at radius 3 is 1.52 bits per heavy atom. The molecule has 0 spiro atoms. The van der Waals surface area contributed by atoms with Crippen LogP contribution in [0, 0.1) is 0 Å². The normalized spacial score (nSPS) is 15.0. The summed E-state index contributed by atoms with van der Waals surface area (Å²) >= 11 is 0. The zero-order valence-corrected chi connectivity index (χ0v) is 38.1. The van der Waals surface area contributed by atoms with Gasteiger partial charge < -0.3 is 9.32 Å². The predicted octanol–water partition coefficient (Wildman–Crippen LogP) is 17.1. The van der Waals surface area contributed by atoms with Crippen molar-refractivity contribution in [1.29, 1.82) is 0 Å². The highest BCUT2D eigenvalue weighted by Crippen LogP contribution is 2.55. The molecule has 1 heterocycles. The molecule has 2 nitrogen and oxygen atoms in total. The van der Waals surface area contributed by atoms with Gasteiger partial charge in [0.2, 0.25) is 0 Å². The molecule has 2 aliphatic carbocycles. The van der Waals surface area contributed by atoms with E-state index in [1.165, 1.54) is 66.6 Å². The van der Waals surface area contributed by atoms with Crippen LogP contribution in [0.5, 0.6) is 0 Å². The Labute approximate surface area is 363 Å². The summed E-state index contributed by atoms with van der Waals surface area (Å²) in [5, 5.41) is 2.32. The Balaban J connectivity index is 1.25. The molecular weight excluding hydrogens is 739 g/mol. The predicted molar refractivity (Wildman–Crippen MR) is 260 cm³/mol. The molecule has 1 aromatic heterocycles. The number of benzene rings is 7. The summed E-state index contributed by atoms with van der Waals surface area (Å²) in [6.45, 7) is 28.0. The van der Waals surface area contributed by atoms with Crippen LogP contribution in [0.1, 0.15) is 128 Å². The van der Waals surface area contributed by atoms with E-state index >= 15 is 0 Å². The maximum Gasteiger partial charge on any atom is 0.143 e. The molecule has 61 heavy (non-hydrogen) atoms. The van der Waals surface area contributed by atoms with E-state index in [1.807, 2.05) is 0 Å². The summed E-state index contributed by atoms with van der Waals surface area (Å²) < 4.78 is 7.04. The SMILES string of the molecule is CC(C)c1cccc2c1oc1c(-c3ccc(C(C)(C)C)cc3N(c3ccc4c(c3)C(C)(C)c3ccccc3-4)c3ccc4c(c3)C(C)(C)c3cc(C(C)(C)C)ccc3-4)cccc12. The van der Waals surface area contributed by atoms with Crippen molar-refractivity contribution in [2.24, 2.45) is 0 Å². The molecule has 7 aromatic carbocycles. The topological polar surface area (TPSA) is 16.4 Å². The van der Waals surface area contributed by atoms with Gasteiger partial charge in [-0.15, -0.1) is 0 Å². The first kappa shape index (κ1) is 39.3. The first-order valence-corrected chi connectivity index (χ1v) is 22.3. The number of hydrogen-bond acceptors (Lipinski definition) is 2. The van der Waals surface area contributed by atoms with Crippen LogP contribution in [0.3, 0.4) is 0 Å². The fourth-order valence-corrected chi connectivity index (χ4v) is 10.5. The summed E-state index contributed by atoms with van der Waals surface area (Å²) in [4.78, 5) is 2.55. The molecule has 0 aliphatic heterocycles. The molecule has 0 atom stereocenters. The molecule has 8 aromatic rings. The third-order valence-corrected chi connectivity index (χ3v) is 14.2. The second-order valence-electron chi connectivity index (χ2n) is 21.2. The highest BCUT2D eigenvalue weighted by atomic mass is 16.3. The van der Waals surface area contributed by atoms with Gasteiger partial charge in [0, 0.05) is 44.1 Å². The van der Waals surface area contributed by atoms with Gasteiger partial charge >= 0.3 is 0 Å². The molecule has 0 unspecified atom stereocenters. The minimum Gasteiger partial charge on any atom is -0.455 e. The third kappa shape index (κ3) is 5.96. The Kier molecular flexibility index (Phi) is 8.58. The highest BCUT2D eigenvalue weighted by molar-refractivity contribution is 6.11. The number of nitrogens with zero attached hydrogens (tertiary/aromatic N) is 1. The summed E-state index contributed by atoms with van der Waals surface area (Å²) in [6.07, 6.45) is 0. The number of rotatable bonds is 5. The molecule has 2 heteroatoms. The van der Waals surface area contributed by atoms with Crippen molar-refractivity contribution in [3.63, 3.8) is 0 Å². The van der Waals surface area contributed by atoms with E-state index in [0.717, 1.165) is 44.7 Å². The van der Waals surface area contributed by atoms with Gasteiger partial charge in [-0.1, -0.05) is 186 Å². The molecule has 0 radical (unpaired) electrons. The zero-order valence-electron chi connectivity index (χ0n) is 38.1. The van der Waals surface area contributed by atoms with Crippen LogP contribution in [0.4, 0.5) is 17.1 Å². The maximum absolute atomic E-state index is 7.04. The molecule has 0 amide bonds. The van der Waals surface area contributed by atoms with E-state index in [9.17, 15) is 0 Å². The van der Waals surface area contributed by atoms with Crippen molar-refractivity contribution in [3.05, 3.63) is 172 Å². The molecule has 2 aliphatic rings. The van der Waals surface area contributed by atoms with Gasteiger partial charge in [-0.25, -0.2) is 0 Å². The lowest BCUT2D eigenvalue weighted by molar-refractivity contribution is 0.584. The largest absolute Gasteiger partial charge is 0.455 e. The van der Waals surface area contributed by atoms with E-state index in [1.54, 1.807) is 0 Å². The smallest absolute Gasteiger partial charge is 0.143 e. The second kappa shape index (κ2) is 13.3. The van der Waals surface area contributed by atoms with Crippen LogP contribution in [0.25, 0.3) is 55.3 Å². The number of anilines is 3. The Hall–Kier alpha value is -5.86. The minimum atomic E-state index is -0.181. The second-order valence-corrected chi connectivity index (χ2v) is 21.2. The zero-order chi connectivity index (χ0) is 43.0. The van der Waals surface area contributed by atoms with Crippen LogP contribution in [0.2, 0.25) is 0 Å². The summed E-state index contributed by atoms with van der Waals surface area (Å²) in [5.74, 6) is 0.343. The van der Waals surface area contributed by atoms with Gasteiger partial charge in [0.25, 0.3) is 0 Å². The van der Waals surface area contributed by atoms with Crippen molar-refractivity contribution in [2.45, 2.75) is 111 Å². The highest BCUT2D eigenvalue weighted by Gasteiger charge is 2.39. The quantitative estimate of drug-likeness (QED) is 0.172. The van der Waals surface area contributed by atoms with Crippen molar-refractivity contribution in [2.75, 3.05) is 4.90 Å². The minimum absolute atomic E-state index is 0.0658. The van der Waals surface area contributed by atoms with Gasteiger partial charge in [-0.05, 0) is 108 Å². The van der Waals surface area contributed by atoms with E-state index in [4.69, 9.17) is 4.42 Å². The fourth-order valence-electron chi connectivity index (χ4n) is 10.5.